The average Bonchev–Trinajstić information content (AvgIpc) is 2.54. The van der Waals surface area contributed by atoms with Crippen molar-refractivity contribution in [2.45, 2.75) is 23.8 Å². The van der Waals surface area contributed by atoms with Gasteiger partial charge in [0, 0.05) is 22.6 Å². The average molecular weight is 341 g/mol. The Kier molecular flexibility index (Phi) is 6.06. The van der Waals surface area contributed by atoms with Gasteiger partial charge in [0.05, 0.1) is 6.61 Å². The molecule has 0 aliphatic carbocycles. The van der Waals surface area contributed by atoms with Crippen LogP contribution in [0.1, 0.15) is 21.5 Å². The Hall–Kier alpha value is -1.99. The molecular weight excluding hydrogens is 327 g/mol. The first kappa shape index (κ1) is 17.4. The number of carbonyl (C=O) groups excluding carboxylic acids is 1. The van der Waals surface area contributed by atoms with E-state index in [9.17, 15) is 18.0 Å². The number of thioether (sulfide) groups is 1. The second-order valence-electron chi connectivity index (χ2n) is 4.67. The second-order valence-corrected chi connectivity index (χ2v) is 5.73. The number of hydrogen-bond donors (Lipinski definition) is 2. The Morgan fingerprint density at radius 2 is 1.87 bits per heavy atom. The molecular formula is C16H14F3NO2S. The van der Waals surface area contributed by atoms with Gasteiger partial charge in [-0.1, -0.05) is 17.8 Å². The van der Waals surface area contributed by atoms with Crippen molar-refractivity contribution in [3.8, 4) is 0 Å². The number of amides is 1. The minimum atomic E-state index is -2.51. The maximum atomic E-state index is 13.3. The molecule has 3 nitrogen and oxygen atoms in total. The lowest BCUT2D eigenvalue weighted by Gasteiger charge is -2.08. The Morgan fingerprint density at radius 1 is 1.17 bits per heavy atom. The summed E-state index contributed by atoms with van der Waals surface area (Å²) in [6, 6.07) is 10.0. The number of carbonyl (C=O) groups is 1. The molecule has 122 valence electrons. The number of nitrogens with one attached hydrogen (secondary N) is 1. The highest BCUT2D eigenvalue weighted by Crippen LogP contribution is 2.25. The van der Waals surface area contributed by atoms with Crippen molar-refractivity contribution in [1.29, 1.82) is 0 Å². The molecule has 2 aromatic carbocycles. The number of benzene rings is 2. The largest absolute Gasteiger partial charge is 0.392 e. The number of halogens is 3. The summed E-state index contributed by atoms with van der Waals surface area (Å²) in [6.45, 7) is -0.253. The molecule has 0 heterocycles. The lowest BCUT2D eigenvalue weighted by Crippen LogP contribution is -2.22. The van der Waals surface area contributed by atoms with Gasteiger partial charge in [-0.3, -0.25) is 4.79 Å². The molecule has 23 heavy (non-hydrogen) atoms. The van der Waals surface area contributed by atoms with Gasteiger partial charge in [-0.15, -0.1) is 0 Å². The monoisotopic (exact) mass is 341 g/mol. The molecule has 2 rings (SSSR count). The van der Waals surface area contributed by atoms with E-state index in [4.69, 9.17) is 5.11 Å². The summed E-state index contributed by atoms with van der Waals surface area (Å²) in [5.74, 6) is -3.38. The topological polar surface area (TPSA) is 49.3 Å². The Balaban J connectivity index is 1.96. The summed E-state index contributed by atoms with van der Waals surface area (Å²) >= 11 is 0.410. The number of alkyl halides is 2. The number of aliphatic hydroxyl groups is 1. The highest BCUT2D eigenvalue weighted by molar-refractivity contribution is 7.99. The van der Waals surface area contributed by atoms with E-state index in [1.807, 2.05) is 0 Å². The van der Waals surface area contributed by atoms with E-state index in [-0.39, 0.29) is 18.0 Å². The summed E-state index contributed by atoms with van der Waals surface area (Å²) in [6.07, 6.45) is 0. The molecule has 0 aliphatic rings. The zero-order chi connectivity index (χ0) is 16.8. The van der Waals surface area contributed by atoms with Crippen LogP contribution in [-0.2, 0) is 13.2 Å². The molecule has 0 bridgehead atoms. The Bertz CT molecular complexity index is 678. The van der Waals surface area contributed by atoms with Crippen LogP contribution in [0.5, 0.6) is 0 Å². The second kappa shape index (κ2) is 8.03. The van der Waals surface area contributed by atoms with Gasteiger partial charge in [0.25, 0.3) is 11.7 Å². The predicted molar refractivity (Wildman–Crippen MR) is 81.8 cm³/mol. The van der Waals surface area contributed by atoms with Gasteiger partial charge in [0.2, 0.25) is 0 Å². The molecule has 0 atom stereocenters. The summed E-state index contributed by atoms with van der Waals surface area (Å²) in [5, 5.41) is 11.7. The number of hydrogen-bond acceptors (Lipinski definition) is 3. The van der Waals surface area contributed by atoms with Gasteiger partial charge in [-0.25, -0.2) is 4.39 Å². The summed E-state index contributed by atoms with van der Waals surface area (Å²) < 4.78 is 37.7. The van der Waals surface area contributed by atoms with Crippen LogP contribution >= 0.6 is 11.8 Å². The normalized spacial score (nSPS) is 10.8. The Morgan fingerprint density at radius 3 is 2.48 bits per heavy atom. The quantitative estimate of drug-likeness (QED) is 0.790. The minimum absolute atomic E-state index is 0.158. The fourth-order valence-corrected chi connectivity index (χ4v) is 2.43. The summed E-state index contributed by atoms with van der Waals surface area (Å²) in [5.41, 5.74) is 1.15. The van der Waals surface area contributed by atoms with Crippen LogP contribution in [0, 0.1) is 5.82 Å². The van der Waals surface area contributed by atoms with Crippen LogP contribution in [0.2, 0.25) is 0 Å². The lowest BCUT2D eigenvalue weighted by molar-refractivity contribution is 0.0951. The molecule has 0 radical (unpaired) electrons. The molecule has 7 heteroatoms. The van der Waals surface area contributed by atoms with Crippen LogP contribution in [0.3, 0.4) is 0 Å². The fraction of sp³-hybridized carbons (Fsp3) is 0.188. The Labute approximate surface area is 135 Å². The van der Waals surface area contributed by atoms with Crippen LogP contribution in [0.4, 0.5) is 13.2 Å². The van der Waals surface area contributed by atoms with Crippen LogP contribution < -0.4 is 5.32 Å². The van der Waals surface area contributed by atoms with Crippen LogP contribution in [-0.4, -0.2) is 16.8 Å². The first-order chi connectivity index (χ1) is 11.0. The zero-order valence-corrected chi connectivity index (χ0v) is 12.7. The molecule has 0 aromatic heterocycles. The fourth-order valence-electron chi connectivity index (χ4n) is 1.93. The van der Waals surface area contributed by atoms with E-state index in [2.05, 4.69) is 5.32 Å². The molecule has 0 aliphatic heterocycles. The first-order valence-corrected chi connectivity index (χ1v) is 7.59. The molecule has 0 fully saturated rings. The van der Waals surface area contributed by atoms with Crippen molar-refractivity contribution in [3.63, 3.8) is 0 Å². The molecule has 0 unspecified atom stereocenters. The van der Waals surface area contributed by atoms with Gasteiger partial charge in [-0.2, -0.15) is 8.78 Å². The molecule has 2 N–H and O–H groups in total. The van der Waals surface area contributed by atoms with Gasteiger partial charge in [0.15, 0.2) is 0 Å². The van der Waals surface area contributed by atoms with Gasteiger partial charge < -0.3 is 10.4 Å². The zero-order valence-electron chi connectivity index (χ0n) is 11.9. The third-order valence-electron chi connectivity index (χ3n) is 3.08. The molecule has 0 spiro atoms. The summed E-state index contributed by atoms with van der Waals surface area (Å²) in [7, 11) is 0. The maximum Gasteiger partial charge on any atom is 0.288 e. The standard InChI is InChI=1S/C16H14F3NO2S/c17-14-6-1-10(7-12(14)9-21)8-20-15(22)11-2-4-13(5-3-11)23-16(18)19/h1-7,16,21H,8-9H2,(H,20,22). The van der Waals surface area contributed by atoms with Crippen molar-refractivity contribution in [3.05, 3.63) is 65.0 Å². The van der Waals surface area contributed by atoms with Crippen molar-refractivity contribution in [1.82, 2.24) is 5.32 Å². The molecule has 0 saturated heterocycles. The van der Waals surface area contributed by atoms with Crippen LogP contribution in [0.15, 0.2) is 47.4 Å². The molecule has 0 saturated carbocycles. The van der Waals surface area contributed by atoms with E-state index in [1.165, 1.54) is 42.5 Å². The highest BCUT2D eigenvalue weighted by Gasteiger charge is 2.09. The predicted octanol–water partition coefficient (Wildman–Crippen LogP) is 3.56. The lowest BCUT2D eigenvalue weighted by atomic mass is 10.1. The first-order valence-electron chi connectivity index (χ1n) is 6.71. The SMILES string of the molecule is O=C(NCc1ccc(F)c(CO)c1)c1ccc(SC(F)F)cc1. The number of rotatable bonds is 6. The van der Waals surface area contributed by atoms with E-state index in [1.54, 1.807) is 0 Å². The van der Waals surface area contributed by atoms with Gasteiger partial charge >= 0.3 is 0 Å². The third-order valence-corrected chi connectivity index (χ3v) is 3.80. The molecule has 1 amide bonds. The summed E-state index contributed by atoms with van der Waals surface area (Å²) in [4.78, 5) is 12.4. The van der Waals surface area contributed by atoms with Gasteiger partial charge in [-0.05, 0) is 42.0 Å². The van der Waals surface area contributed by atoms with E-state index in [0.29, 0.717) is 27.8 Å². The van der Waals surface area contributed by atoms with E-state index >= 15 is 0 Å². The van der Waals surface area contributed by atoms with Crippen molar-refractivity contribution >= 4 is 17.7 Å². The van der Waals surface area contributed by atoms with Gasteiger partial charge in [0.1, 0.15) is 5.82 Å². The smallest absolute Gasteiger partial charge is 0.288 e. The highest BCUT2D eigenvalue weighted by atomic mass is 32.2. The van der Waals surface area contributed by atoms with E-state index < -0.39 is 18.2 Å². The van der Waals surface area contributed by atoms with Crippen LogP contribution in [0.25, 0.3) is 0 Å². The molecule has 2 aromatic rings. The van der Waals surface area contributed by atoms with Crippen molar-refractivity contribution < 1.29 is 23.1 Å². The van der Waals surface area contributed by atoms with Crippen molar-refractivity contribution in [2.75, 3.05) is 0 Å². The minimum Gasteiger partial charge on any atom is -0.392 e. The van der Waals surface area contributed by atoms with E-state index in [0.717, 1.165) is 0 Å². The maximum absolute atomic E-state index is 13.3. The van der Waals surface area contributed by atoms with Crippen molar-refractivity contribution in [2.24, 2.45) is 0 Å². The number of aliphatic hydroxyl groups excluding tert-OH is 1. The third kappa shape index (κ3) is 5.01.